The number of rotatable bonds is 7. The Balaban J connectivity index is -0.000000654. The van der Waals surface area contributed by atoms with Gasteiger partial charge in [0.05, 0.1) is 0 Å². The molecular weight excluding hydrogens is 833 g/mol. The molecule has 0 atom stereocenters. The summed E-state index contributed by atoms with van der Waals surface area (Å²) in [5.74, 6) is 1.54. The zero-order chi connectivity index (χ0) is 30.4. The van der Waals surface area contributed by atoms with Gasteiger partial charge in [-0.3, -0.25) is 9.50 Å². The van der Waals surface area contributed by atoms with E-state index in [2.05, 4.69) is 47.8 Å². The molecule has 0 spiro atoms. The SMILES string of the molecule is C.C.CC(=O)OCc1cc(Oc2ccc(Cl)cc2)ccc1Br.CC(=O)[O-].Clc1ccc(Oc2ccc(Br)c(CBr)c2)cc1.F.[Na+]. The Morgan fingerprint density at radius 3 is 1.38 bits per heavy atom. The predicted octanol–water partition coefficient (Wildman–Crippen LogP) is 7.93. The van der Waals surface area contributed by atoms with Crippen LogP contribution in [0.5, 0.6) is 23.0 Å². The summed E-state index contributed by atoms with van der Waals surface area (Å²) >= 11 is 22.0. The van der Waals surface area contributed by atoms with Gasteiger partial charge < -0.3 is 24.1 Å². The summed E-state index contributed by atoms with van der Waals surface area (Å²) in [4.78, 5) is 19.7. The summed E-state index contributed by atoms with van der Waals surface area (Å²) in [5.41, 5.74) is 1.99. The molecule has 0 aliphatic carbocycles. The standard InChI is InChI=1S/C15H12BrClO3.C13H9Br2ClO.C2H4O2.2CH4.FH.Na/c1-10(18)19-9-11-8-14(6-7-15(11)16)20-13-4-2-12(17)3-5-13;14-8-9-7-12(5-6-13(9)15)17-11-3-1-10(16)2-4-11;1-2(3)4;;;;/h2-8H,9H2,1H3;1-7H,8H2;1H3,(H,3,4);2*1H4;1H;/q;;;;;;+1/p-1. The Morgan fingerprint density at radius 1 is 0.689 bits per heavy atom. The topological polar surface area (TPSA) is 84.9 Å². The third-order valence-corrected chi connectivity index (χ3v) is 7.36. The molecule has 13 heteroatoms. The number of benzene rings is 4. The first-order chi connectivity index (χ1) is 19.5. The molecule has 0 unspecified atom stereocenters. The van der Waals surface area contributed by atoms with Crippen molar-refractivity contribution in [1.29, 1.82) is 0 Å². The van der Waals surface area contributed by atoms with E-state index in [0.29, 0.717) is 21.5 Å². The number of carbonyl (C=O) groups excluding carboxylic acids is 2. The molecule has 0 amide bonds. The summed E-state index contributed by atoms with van der Waals surface area (Å²) in [6, 6.07) is 25.8. The third kappa shape index (κ3) is 19.6. The maximum Gasteiger partial charge on any atom is 1.00 e. The van der Waals surface area contributed by atoms with Crippen molar-refractivity contribution in [3.63, 3.8) is 0 Å². The van der Waals surface area contributed by atoms with E-state index in [1.807, 2.05) is 48.5 Å². The van der Waals surface area contributed by atoms with Crippen molar-refractivity contribution < 1.29 is 63.2 Å². The van der Waals surface area contributed by atoms with Crippen molar-refractivity contribution in [2.75, 3.05) is 0 Å². The molecule has 6 nitrogen and oxygen atoms in total. The van der Waals surface area contributed by atoms with Crippen LogP contribution in [0.2, 0.25) is 10.0 Å². The smallest absolute Gasteiger partial charge is 0.550 e. The van der Waals surface area contributed by atoms with Gasteiger partial charge in [0.1, 0.15) is 29.6 Å². The number of ether oxygens (including phenoxy) is 3. The largest absolute Gasteiger partial charge is 1.00 e. The summed E-state index contributed by atoms with van der Waals surface area (Å²) in [6.07, 6.45) is 0. The molecular formula is C32H33Br3Cl2FNaO6. The van der Waals surface area contributed by atoms with Gasteiger partial charge in [-0.25, -0.2) is 0 Å². The van der Waals surface area contributed by atoms with Crippen LogP contribution in [0.25, 0.3) is 0 Å². The average Bonchev–Trinajstić information content (AvgIpc) is 2.92. The van der Waals surface area contributed by atoms with Gasteiger partial charge in [0.25, 0.3) is 0 Å². The van der Waals surface area contributed by atoms with Crippen LogP contribution in [0.15, 0.2) is 93.9 Å². The molecule has 240 valence electrons. The molecule has 4 aromatic carbocycles. The van der Waals surface area contributed by atoms with Crippen LogP contribution in [-0.4, -0.2) is 11.9 Å². The van der Waals surface area contributed by atoms with Gasteiger partial charge in [0.15, 0.2) is 0 Å². The minimum absolute atomic E-state index is 0. The number of alkyl halides is 1. The minimum Gasteiger partial charge on any atom is -0.550 e. The Kier molecular flexibility index (Phi) is 27.0. The van der Waals surface area contributed by atoms with E-state index < -0.39 is 5.97 Å². The van der Waals surface area contributed by atoms with Crippen molar-refractivity contribution in [2.45, 2.75) is 40.6 Å². The minimum atomic E-state index is -1.08. The first kappa shape index (κ1) is 47.8. The molecule has 0 heterocycles. The zero-order valence-corrected chi connectivity index (χ0v) is 31.5. The third-order valence-electron chi connectivity index (χ3n) is 4.71. The molecule has 0 saturated heterocycles. The molecule has 0 saturated carbocycles. The van der Waals surface area contributed by atoms with E-state index in [-0.39, 0.29) is 61.7 Å². The van der Waals surface area contributed by atoms with Crippen molar-refractivity contribution in [2.24, 2.45) is 0 Å². The number of esters is 1. The second kappa shape index (κ2) is 25.5. The average molecular weight is 866 g/mol. The second-order valence-corrected chi connectivity index (χ2v) is 11.2. The normalized spacial score (nSPS) is 8.96. The van der Waals surface area contributed by atoms with E-state index in [0.717, 1.165) is 43.8 Å². The summed E-state index contributed by atoms with van der Waals surface area (Å²) in [7, 11) is 0. The number of hydrogen-bond donors (Lipinski definition) is 0. The molecule has 0 fully saturated rings. The number of carboxylic acids is 1. The van der Waals surface area contributed by atoms with Gasteiger partial charge >= 0.3 is 35.5 Å². The predicted molar refractivity (Wildman–Crippen MR) is 186 cm³/mol. The van der Waals surface area contributed by atoms with Crippen molar-refractivity contribution in [1.82, 2.24) is 0 Å². The van der Waals surface area contributed by atoms with Crippen LogP contribution < -0.4 is 44.1 Å². The van der Waals surface area contributed by atoms with Crippen LogP contribution >= 0.6 is 71.0 Å². The first-order valence-corrected chi connectivity index (χ1v) is 15.2. The molecule has 0 N–H and O–H groups in total. The maximum atomic E-state index is 10.9. The van der Waals surface area contributed by atoms with Gasteiger partial charge in [0, 0.05) is 42.8 Å². The summed E-state index contributed by atoms with van der Waals surface area (Å²) < 4.78 is 18.4. The fourth-order valence-corrected chi connectivity index (χ4v) is 4.74. The van der Waals surface area contributed by atoms with E-state index in [9.17, 15) is 4.79 Å². The van der Waals surface area contributed by atoms with Gasteiger partial charge in [-0.15, -0.1) is 0 Å². The van der Waals surface area contributed by atoms with E-state index >= 15 is 0 Å². The fraction of sp³-hybridized carbons (Fsp3) is 0.188. The van der Waals surface area contributed by atoms with Crippen LogP contribution in [0.1, 0.15) is 39.8 Å². The monoisotopic (exact) mass is 862 g/mol. The Labute approximate surface area is 321 Å². The van der Waals surface area contributed by atoms with Crippen LogP contribution in [0.4, 0.5) is 4.70 Å². The van der Waals surface area contributed by atoms with Crippen molar-refractivity contribution in [3.8, 4) is 23.0 Å². The molecule has 4 aromatic rings. The first-order valence-electron chi connectivity index (χ1n) is 11.8. The van der Waals surface area contributed by atoms with E-state index in [1.54, 1.807) is 36.4 Å². The van der Waals surface area contributed by atoms with Gasteiger partial charge in [0.2, 0.25) is 0 Å². The Bertz CT molecular complexity index is 1440. The van der Waals surface area contributed by atoms with Gasteiger partial charge in [-0.1, -0.05) is 85.8 Å². The summed E-state index contributed by atoms with van der Waals surface area (Å²) in [6.45, 7) is 2.55. The second-order valence-electron chi connectivity index (χ2n) is 8.02. The Hall–Kier alpha value is -1.63. The molecule has 0 aliphatic heterocycles. The summed E-state index contributed by atoms with van der Waals surface area (Å²) in [5, 5.41) is 11.0. The number of halogens is 6. The molecule has 4 rings (SSSR count). The zero-order valence-electron chi connectivity index (χ0n) is 23.2. The Morgan fingerprint density at radius 2 is 1.02 bits per heavy atom. The number of carboxylic acid groups (broad SMARTS) is 1. The molecule has 0 radical (unpaired) electrons. The molecule has 0 aliphatic rings. The maximum absolute atomic E-state index is 10.9. The quantitative estimate of drug-likeness (QED) is 0.107. The van der Waals surface area contributed by atoms with Gasteiger partial charge in [-0.05, 0) is 97.4 Å². The van der Waals surface area contributed by atoms with Crippen molar-refractivity contribution in [3.05, 3.63) is 115 Å². The van der Waals surface area contributed by atoms with Crippen LogP contribution in [0.3, 0.4) is 0 Å². The molecule has 0 bridgehead atoms. The molecule has 0 aromatic heterocycles. The van der Waals surface area contributed by atoms with Crippen LogP contribution in [0, 0.1) is 0 Å². The number of hydrogen-bond acceptors (Lipinski definition) is 6. The van der Waals surface area contributed by atoms with Crippen LogP contribution in [-0.2, 0) is 26.3 Å². The number of carbonyl (C=O) groups is 2. The number of aliphatic carboxylic acids is 1. The van der Waals surface area contributed by atoms with Crippen molar-refractivity contribution >= 4 is 82.9 Å². The fourth-order valence-electron chi connectivity index (χ4n) is 2.90. The van der Waals surface area contributed by atoms with E-state index in [4.69, 9.17) is 47.3 Å². The van der Waals surface area contributed by atoms with E-state index in [1.165, 1.54) is 6.92 Å². The molecule has 45 heavy (non-hydrogen) atoms. The van der Waals surface area contributed by atoms with Gasteiger partial charge in [-0.2, -0.15) is 0 Å².